The van der Waals surface area contributed by atoms with Gasteiger partial charge in [-0.25, -0.2) is 9.18 Å². The van der Waals surface area contributed by atoms with E-state index in [-0.39, 0.29) is 17.4 Å². The SMILES string of the molecule is Cc1cc(C)cc(NC(=O)N2C(c3cccc(F)c3)c3[nH]c4cccnc4c3CC23CC3)c1. The second-order valence-electron chi connectivity index (χ2n) is 9.45. The summed E-state index contributed by atoms with van der Waals surface area (Å²) >= 11 is 0. The van der Waals surface area contributed by atoms with E-state index in [9.17, 15) is 9.18 Å². The van der Waals surface area contributed by atoms with Crippen LogP contribution in [0.4, 0.5) is 14.9 Å². The fourth-order valence-electron chi connectivity index (χ4n) is 5.44. The molecule has 2 N–H and O–H groups in total. The van der Waals surface area contributed by atoms with Crippen LogP contribution >= 0.6 is 0 Å². The number of rotatable bonds is 2. The lowest BCUT2D eigenvalue weighted by molar-refractivity contribution is 0.146. The molecule has 4 aromatic rings. The number of urea groups is 1. The number of aromatic nitrogens is 2. The van der Waals surface area contributed by atoms with Crippen molar-refractivity contribution in [3.63, 3.8) is 0 Å². The van der Waals surface area contributed by atoms with Gasteiger partial charge < -0.3 is 15.2 Å². The van der Waals surface area contributed by atoms with Crippen molar-refractivity contribution in [1.29, 1.82) is 0 Å². The molecular weight excluding hydrogens is 415 g/mol. The van der Waals surface area contributed by atoms with Crippen LogP contribution in [-0.2, 0) is 6.42 Å². The minimum atomic E-state index is -0.424. The maximum Gasteiger partial charge on any atom is 0.323 e. The first-order valence-electron chi connectivity index (χ1n) is 11.3. The monoisotopic (exact) mass is 440 g/mol. The maximum absolute atomic E-state index is 14.3. The number of nitrogens with zero attached hydrogens (tertiary/aromatic N) is 2. The molecule has 166 valence electrons. The number of carbonyl (C=O) groups excluding carboxylic acids is 1. The highest BCUT2D eigenvalue weighted by atomic mass is 19.1. The average molecular weight is 441 g/mol. The molecule has 2 aromatic heterocycles. The van der Waals surface area contributed by atoms with E-state index in [1.165, 1.54) is 12.1 Å². The van der Waals surface area contributed by atoms with Crippen LogP contribution in [0.2, 0.25) is 0 Å². The van der Waals surface area contributed by atoms with Crippen molar-refractivity contribution in [3.05, 3.63) is 94.6 Å². The third-order valence-corrected chi connectivity index (χ3v) is 6.92. The van der Waals surface area contributed by atoms with E-state index in [0.717, 1.165) is 63.9 Å². The minimum Gasteiger partial charge on any atom is -0.355 e. The van der Waals surface area contributed by atoms with Crippen LogP contribution in [-0.4, -0.2) is 26.4 Å². The quantitative estimate of drug-likeness (QED) is 0.400. The molecule has 0 saturated heterocycles. The van der Waals surface area contributed by atoms with E-state index in [4.69, 9.17) is 0 Å². The summed E-state index contributed by atoms with van der Waals surface area (Å²) in [7, 11) is 0. The molecule has 1 unspecified atom stereocenters. The van der Waals surface area contributed by atoms with Gasteiger partial charge in [-0.05, 0) is 86.2 Å². The zero-order chi connectivity index (χ0) is 22.7. The van der Waals surface area contributed by atoms with Gasteiger partial charge in [0.15, 0.2) is 0 Å². The first kappa shape index (κ1) is 20.0. The molecule has 3 heterocycles. The predicted molar refractivity (Wildman–Crippen MR) is 127 cm³/mol. The number of anilines is 1. The normalized spacial score (nSPS) is 18.4. The number of aryl methyl sites for hydroxylation is 2. The highest BCUT2D eigenvalue weighted by Crippen LogP contribution is 2.55. The number of amides is 2. The number of aromatic amines is 1. The summed E-state index contributed by atoms with van der Waals surface area (Å²) < 4.78 is 14.3. The van der Waals surface area contributed by atoms with Crippen LogP contribution in [0, 0.1) is 19.7 Å². The van der Waals surface area contributed by atoms with E-state index in [2.05, 4.69) is 21.4 Å². The van der Waals surface area contributed by atoms with Gasteiger partial charge in [0, 0.05) is 23.1 Å². The van der Waals surface area contributed by atoms with Crippen LogP contribution in [0.3, 0.4) is 0 Å². The Hall–Kier alpha value is -3.67. The van der Waals surface area contributed by atoms with Gasteiger partial charge >= 0.3 is 6.03 Å². The number of hydrogen-bond acceptors (Lipinski definition) is 2. The number of carbonyl (C=O) groups is 1. The van der Waals surface area contributed by atoms with Crippen LogP contribution in [0.5, 0.6) is 0 Å². The topological polar surface area (TPSA) is 61.0 Å². The third kappa shape index (κ3) is 3.28. The maximum atomic E-state index is 14.3. The fourth-order valence-corrected chi connectivity index (χ4v) is 5.44. The Morgan fingerprint density at radius 2 is 1.91 bits per heavy atom. The number of fused-ring (bicyclic) bond motifs is 3. The Bertz CT molecular complexity index is 1380. The average Bonchev–Trinajstić information content (AvgIpc) is 3.43. The fraction of sp³-hybridized carbons (Fsp3) is 0.259. The van der Waals surface area contributed by atoms with Crippen molar-refractivity contribution in [2.24, 2.45) is 0 Å². The number of halogens is 1. The molecule has 1 fully saturated rings. The lowest BCUT2D eigenvalue weighted by Crippen LogP contribution is -2.51. The number of hydrogen-bond donors (Lipinski definition) is 2. The summed E-state index contributed by atoms with van der Waals surface area (Å²) in [5.74, 6) is -0.312. The van der Waals surface area contributed by atoms with E-state index < -0.39 is 6.04 Å². The predicted octanol–water partition coefficient (Wildman–Crippen LogP) is 6.03. The van der Waals surface area contributed by atoms with Crippen LogP contribution in [0.15, 0.2) is 60.8 Å². The minimum absolute atomic E-state index is 0.163. The van der Waals surface area contributed by atoms with Gasteiger partial charge in [0.25, 0.3) is 0 Å². The first-order chi connectivity index (χ1) is 15.9. The molecule has 6 heteroatoms. The Kier molecular flexibility index (Phi) is 4.34. The summed E-state index contributed by atoms with van der Waals surface area (Å²) in [6, 6.07) is 15.9. The summed E-state index contributed by atoms with van der Waals surface area (Å²) in [5.41, 5.74) is 7.35. The number of pyridine rings is 1. The zero-order valence-electron chi connectivity index (χ0n) is 18.7. The van der Waals surface area contributed by atoms with Gasteiger partial charge in [-0.15, -0.1) is 0 Å². The van der Waals surface area contributed by atoms with Crippen molar-refractivity contribution < 1.29 is 9.18 Å². The molecule has 1 saturated carbocycles. The van der Waals surface area contributed by atoms with Crippen molar-refractivity contribution >= 4 is 22.8 Å². The molecule has 2 aliphatic rings. The van der Waals surface area contributed by atoms with Gasteiger partial charge in [0.05, 0.1) is 22.6 Å². The Morgan fingerprint density at radius 1 is 1.12 bits per heavy atom. The van der Waals surface area contributed by atoms with E-state index in [1.807, 2.05) is 49.1 Å². The molecule has 33 heavy (non-hydrogen) atoms. The largest absolute Gasteiger partial charge is 0.355 e. The van der Waals surface area contributed by atoms with E-state index in [1.54, 1.807) is 12.3 Å². The summed E-state index contributed by atoms with van der Waals surface area (Å²) in [6.07, 6.45) is 4.37. The van der Waals surface area contributed by atoms with Crippen molar-refractivity contribution in [2.45, 2.75) is 44.7 Å². The van der Waals surface area contributed by atoms with Crippen molar-refractivity contribution in [1.82, 2.24) is 14.9 Å². The number of benzene rings is 2. The van der Waals surface area contributed by atoms with Gasteiger partial charge in [-0.2, -0.15) is 0 Å². The molecule has 1 aliphatic heterocycles. The lowest BCUT2D eigenvalue weighted by atomic mass is 9.87. The van der Waals surface area contributed by atoms with Crippen molar-refractivity contribution in [3.8, 4) is 0 Å². The van der Waals surface area contributed by atoms with Crippen LogP contribution < -0.4 is 5.32 Å². The van der Waals surface area contributed by atoms with Gasteiger partial charge in [-0.3, -0.25) is 4.98 Å². The molecule has 6 rings (SSSR count). The smallest absolute Gasteiger partial charge is 0.323 e. The summed E-state index contributed by atoms with van der Waals surface area (Å²) in [5, 5.41) is 3.13. The standard InChI is InChI=1S/C27H25FN4O/c1-16-11-17(2)13-20(12-16)30-26(33)32-25(18-5-3-6-19(28)14-18)24-21(15-27(32)8-9-27)23-22(31-24)7-4-10-29-23/h3-7,10-14,25,31H,8-9,15H2,1-2H3,(H,30,33). The Balaban J connectivity index is 1.50. The number of H-pyrrole nitrogens is 1. The molecule has 5 nitrogen and oxygen atoms in total. The number of nitrogens with one attached hydrogen (secondary N) is 2. The molecule has 1 atom stereocenters. The third-order valence-electron chi connectivity index (χ3n) is 6.92. The molecule has 2 amide bonds. The van der Waals surface area contributed by atoms with E-state index in [0.29, 0.717) is 0 Å². The van der Waals surface area contributed by atoms with Gasteiger partial charge in [0.2, 0.25) is 0 Å². The zero-order valence-corrected chi connectivity index (χ0v) is 18.7. The molecular formula is C27H25FN4O. The Morgan fingerprint density at radius 3 is 2.64 bits per heavy atom. The second kappa shape index (κ2) is 7.17. The van der Waals surface area contributed by atoms with Crippen LogP contribution in [0.1, 0.15) is 46.8 Å². The summed E-state index contributed by atoms with van der Waals surface area (Å²) in [6.45, 7) is 4.04. The molecule has 1 spiro atoms. The van der Waals surface area contributed by atoms with E-state index >= 15 is 0 Å². The van der Waals surface area contributed by atoms with Crippen molar-refractivity contribution in [2.75, 3.05) is 5.32 Å². The second-order valence-corrected chi connectivity index (χ2v) is 9.45. The first-order valence-corrected chi connectivity index (χ1v) is 11.3. The molecule has 0 bridgehead atoms. The Labute approximate surface area is 191 Å². The highest BCUT2D eigenvalue weighted by molar-refractivity contribution is 5.92. The molecule has 0 radical (unpaired) electrons. The molecule has 1 aliphatic carbocycles. The lowest BCUT2D eigenvalue weighted by Gasteiger charge is -2.43. The highest BCUT2D eigenvalue weighted by Gasteiger charge is 2.57. The van der Waals surface area contributed by atoms with Gasteiger partial charge in [0.1, 0.15) is 5.82 Å². The summed E-state index contributed by atoms with van der Waals surface area (Å²) in [4.78, 5) is 23.9. The molecule has 2 aromatic carbocycles. The van der Waals surface area contributed by atoms with Crippen LogP contribution in [0.25, 0.3) is 11.0 Å². The van der Waals surface area contributed by atoms with Gasteiger partial charge in [-0.1, -0.05) is 18.2 Å².